The van der Waals surface area contributed by atoms with Crippen LogP contribution in [-0.2, 0) is 0 Å². The minimum absolute atomic E-state index is 1.18. The van der Waals surface area contributed by atoms with Gasteiger partial charge in [-0.2, -0.15) is 0 Å². The first-order chi connectivity index (χ1) is 24.8. The van der Waals surface area contributed by atoms with Crippen molar-refractivity contribution in [3.63, 3.8) is 0 Å². The second-order valence-corrected chi connectivity index (χ2v) is 17.2. The number of fused-ring (bicyclic) bond motifs is 17. The summed E-state index contributed by atoms with van der Waals surface area (Å²) in [6.45, 7) is 0. The number of hydrogen-bond donors (Lipinski definition) is 0. The van der Waals surface area contributed by atoms with E-state index in [9.17, 15) is 0 Å². The maximum Gasteiger partial charge on any atom is 0.182 e. The van der Waals surface area contributed by atoms with E-state index < -0.39 is 8.07 Å². The summed E-state index contributed by atoms with van der Waals surface area (Å²) in [6.07, 6.45) is 0. The van der Waals surface area contributed by atoms with E-state index in [1.165, 1.54) is 92.7 Å². The summed E-state index contributed by atoms with van der Waals surface area (Å²) in [5, 5.41) is 8.35. The van der Waals surface area contributed by atoms with Crippen LogP contribution in [0.15, 0.2) is 188 Å². The fraction of sp³-hybridized carbons (Fsp3) is 0. The predicted molar refractivity (Wildman–Crippen MR) is 213 cm³/mol. The van der Waals surface area contributed by atoms with Crippen LogP contribution in [0.1, 0.15) is 0 Å². The molecule has 8 aromatic carbocycles. The van der Waals surface area contributed by atoms with Gasteiger partial charge in [0, 0.05) is 16.5 Å². The van der Waals surface area contributed by atoms with Crippen molar-refractivity contribution in [1.29, 1.82) is 0 Å². The highest BCUT2D eigenvalue weighted by Gasteiger charge is 2.49. The van der Waals surface area contributed by atoms with Gasteiger partial charge in [0.25, 0.3) is 0 Å². The molecule has 1 nitrogen and oxygen atoms in total. The third kappa shape index (κ3) is 3.56. The molecule has 2 aliphatic heterocycles. The Kier molecular flexibility index (Phi) is 5.75. The van der Waals surface area contributed by atoms with Gasteiger partial charge in [-0.15, -0.1) is 0 Å². The van der Waals surface area contributed by atoms with Gasteiger partial charge in [-0.1, -0.05) is 164 Å². The molecule has 2 aliphatic rings. The third-order valence-corrected chi connectivity index (χ3v) is 16.2. The van der Waals surface area contributed by atoms with Crippen LogP contribution in [0.2, 0.25) is 0 Å². The molecule has 0 radical (unpaired) electrons. The molecule has 2 heteroatoms. The minimum atomic E-state index is -2.93. The first-order valence-electron chi connectivity index (χ1n) is 17.5. The molecule has 1 aromatic heterocycles. The lowest BCUT2D eigenvalue weighted by Gasteiger charge is -2.37. The van der Waals surface area contributed by atoms with E-state index in [2.05, 4.69) is 193 Å². The lowest BCUT2D eigenvalue weighted by molar-refractivity contribution is 1.18. The van der Waals surface area contributed by atoms with Gasteiger partial charge in [0.2, 0.25) is 0 Å². The molecule has 11 rings (SSSR count). The highest BCUT2D eigenvalue weighted by Crippen LogP contribution is 2.42. The molecular formula is C48H31NSi. The summed E-state index contributed by atoms with van der Waals surface area (Å²) in [5.41, 5.74) is 14.2. The standard InChI is InChI=1S/C48H31NSi/c1-2-16-34-33(15-1)38-19-5-11-25-45(38)50(46-26-12-6-20-39(34)46)47-27-13-7-21-40(47)35-30-29-32(31-42(35)41-22-8-14-28-48(41)50)49-43-23-9-3-17-36(43)37-18-4-10-24-44(37)49/h1-31H. The van der Waals surface area contributed by atoms with Crippen LogP contribution in [0.25, 0.3) is 72.0 Å². The van der Waals surface area contributed by atoms with Crippen molar-refractivity contribution in [2.24, 2.45) is 0 Å². The van der Waals surface area contributed by atoms with Crippen molar-refractivity contribution in [3.8, 4) is 50.2 Å². The fourth-order valence-electron chi connectivity index (χ4n) is 9.33. The zero-order valence-electron chi connectivity index (χ0n) is 27.3. The topological polar surface area (TPSA) is 4.93 Å². The smallest absolute Gasteiger partial charge is 0.182 e. The lowest BCUT2D eigenvalue weighted by atomic mass is 9.94. The Morgan fingerprint density at radius 2 is 0.620 bits per heavy atom. The Morgan fingerprint density at radius 1 is 0.280 bits per heavy atom. The molecule has 0 amide bonds. The van der Waals surface area contributed by atoms with Crippen LogP contribution in [0.4, 0.5) is 0 Å². The van der Waals surface area contributed by atoms with Gasteiger partial charge in [0.05, 0.1) is 11.0 Å². The number of rotatable bonds is 1. The summed E-state index contributed by atoms with van der Waals surface area (Å²) in [7, 11) is -2.93. The van der Waals surface area contributed by atoms with E-state index in [4.69, 9.17) is 0 Å². The summed E-state index contributed by atoms with van der Waals surface area (Å²) in [4.78, 5) is 0. The summed E-state index contributed by atoms with van der Waals surface area (Å²) < 4.78 is 2.45. The Bertz CT molecular complexity index is 2720. The van der Waals surface area contributed by atoms with Gasteiger partial charge in [-0.3, -0.25) is 0 Å². The summed E-state index contributed by atoms with van der Waals surface area (Å²) in [5.74, 6) is 0. The van der Waals surface area contributed by atoms with Crippen molar-refractivity contribution >= 4 is 50.6 Å². The summed E-state index contributed by atoms with van der Waals surface area (Å²) >= 11 is 0. The zero-order chi connectivity index (χ0) is 32.8. The average Bonchev–Trinajstić information content (AvgIpc) is 3.42. The van der Waals surface area contributed by atoms with E-state index in [1.54, 1.807) is 0 Å². The second kappa shape index (κ2) is 10.4. The quantitative estimate of drug-likeness (QED) is 0.156. The maximum absolute atomic E-state index is 2.93. The number of nitrogens with zero attached hydrogens (tertiary/aromatic N) is 1. The normalized spacial score (nSPS) is 13.4. The molecule has 50 heavy (non-hydrogen) atoms. The maximum atomic E-state index is 2.46. The molecule has 0 bridgehead atoms. The third-order valence-electron chi connectivity index (χ3n) is 11.3. The Labute approximate surface area is 292 Å². The molecule has 0 fully saturated rings. The Morgan fingerprint density at radius 3 is 1.08 bits per heavy atom. The van der Waals surface area contributed by atoms with Gasteiger partial charge in [0.15, 0.2) is 8.07 Å². The van der Waals surface area contributed by atoms with Crippen molar-refractivity contribution < 1.29 is 0 Å². The van der Waals surface area contributed by atoms with Crippen molar-refractivity contribution in [2.45, 2.75) is 0 Å². The number of benzene rings is 8. The van der Waals surface area contributed by atoms with Crippen LogP contribution in [-0.4, -0.2) is 12.6 Å². The van der Waals surface area contributed by atoms with Crippen LogP contribution in [0.3, 0.4) is 0 Å². The monoisotopic (exact) mass is 649 g/mol. The van der Waals surface area contributed by atoms with Crippen LogP contribution >= 0.6 is 0 Å². The highest BCUT2D eigenvalue weighted by atomic mass is 28.3. The molecule has 0 atom stereocenters. The number of aromatic nitrogens is 1. The minimum Gasteiger partial charge on any atom is -0.309 e. The van der Waals surface area contributed by atoms with Crippen molar-refractivity contribution in [2.75, 3.05) is 0 Å². The molecule has 0 N–H and O–H groups in total. The number of para-hydroxylation sites is 2. The second-order valence-electron chi connectivity index (χ2n) is 13.6. The van der Waals surface area contributed by atoms with E-state index in [0.29, 0.717) is 0 Å². The van der Waals surface area contributed by atoms with E-state index in [1.807, 2.05) is 0 Å². The zero-order valence-corrected chi connectivity index (χ0v) is 28.3. The van der Waals surface area contributed by atoms with Gasteiger partial charge >= 0.3 is 0 Å². The van der Waals surface area contributed by atoms with Crippen LogP contribution < -0.4 is 20.7 Å². The highest BCUT2D eigenvalue weighted by molar-refractivity contribution is 7.22. The molecule has 232 valence electrons. The van der Waals surface area contributed by atoms with Gasteiger partial charge in [-0.05, 0) is 89.5 Å². The molecular weight excluding hydrogens is 619 g/mol. The molecule has 0 saturated carbocycles. The Hall–Kier alpha value is -6.22. The first-order valence-corrected chi connectivity index (χ1v) is 19.5. The summed E-state index contributed by atoms with van der Waals surface area (Å²) in [6, 6.07) is 71.0. The molecule has 0 unspecified atom stereocenters. The number of hydrogen-bond acceptors (Lipinski definition) is 0. The van der Waals surface area contributed by atoms with Gasteiger partial charge in [0.1, 0.15) is 0 Å². The van der Waals surface area contributed by atoms with Crippen LogP contribution in [0.5, 0.6) is 0 Å². The average molecular weight is 650 g/mol. The van der Waals surface area contributed by atoms with Crippen molar-refractivity contribution in [3.05, 3.63) is 188 Å². The molecule has 0 aliphatic carbocycles. The SMILES string of the molecule is c1ccc2c(c1)-c1ccccc1[Si]1(c3ccccc3-2)c2ccccc2-c2ccc(-n3c4ccccc4c4ccccc43)cc2-c2ccccc21. The van der Waals surface area contributed by atoms with Gasteiger partial charge in [-0.25, -0.2) is 0 Å². The molecule has 0 saturated heterocycles. The van der Waals surface area contributed by atoms with Gasteiger partial charge < -0.3 is 4.57 Å². The largest absolute Gasteiger partial charge is 0.309 e. The van der Waals surface area contributed by atoms with E-state index in [0.717, 1.165) is 0 Å². The van der Waals surface area contributed by atoms with E-state index in [-0.39, 0.29) is 0 Å². The van der Waals surface area contributed by atoms with E-state index >= 15 is 0 Å². The first kappa shape index (κ1) is 27.7. The molecule has 3 heterocycles. The van der Waals surface area contributed by atoms with Crippen LogP contribution in [0, 0.1) is 0 Å². The predicted octanol–water partition coefficient (Wildman–Crippen LogP) is 9.46. The Balaban J connectivity index is 1.30. The molecule has 9 aromatic rings. The lowest BCUT2D eigenvalue weighted by Crippen LogP contribution is -2.75. The van der Waals surface area contributed by atoms with Crippen molar-refractivity contribution in [1.82, 2.24) is 4.57 Å². The molecule has 1 spiro atoms. The fourth-order valence-corrected chi connectivity index (χ4v) is 14.9.